The van der Waals surface area contributed by atoms with E-state index in [-0.39, 0.29) is 5.91 Å². The number of nitrogen functional groups attached to an aromatic ring is 1. The smallest absolute Gasteiger partial charge is 0.251 e. The van der Waals surface area contributed by atoms with Gasteiger partial charge in [-0.15, -0.1) is 0 Å². The number of rotatable bonds is 8. The Labute approximate surface area is 188 Å². The predicted molar refractivity (Wildman–Crippen MR) is 127 cm³/mol. The second kappa shape index (κ2) is 8.87. The maximum atomic E-state index is 12.5. The molecule has 1 heterocycles. The molecule has 3 aromatic rings. The fourth-order valence-corrected chi connectivity index (χ4v) is 4.57. The number of hydrogen-bond donors (Lipinski definition) is 2. The van der Waals surface area contributed by atoms with Crippen LogP contribution in [0, 0.1) is 0 Å². The summed E-state index contributed by atoms with van der Waals surface area (Å²) in [6.45, 7) is 1.06. The molecule has 3 N–H and O–H groups in total. The molecule has 0 bridgehead atoms. The van der Waals surface area contributed by atoms with Crippen LogP contribution in [0.3, 0.4) is 0 Å². The number of fused-ring (bicyclic) bond motifs is 1. The van der Waals surface area contributed by atoms with E-state index >= 15 is 0 Å². The second-order valence-electron chi connectivity index (χ2n) is 8.92. The molecule has 5 rings (SSSR count). The van der Waals surface area contributed by atoms with Crippen LogP contribution in [-0.2, 0) is 4.74 Å². The summed E-state index contributed by atoms with van der Waals surface area (Å²) < 4.78 is 13.3. The molecule has 168 valence electrons. The number of hydrogen-bond acceptors (Lipinski definition) is 4. The first-order valence-corrected chi connectivity index (χ1v) is 11.6. The number of carbonyl (C=O) groups is 1. The summed E-state index contributed by atoms with van der Waals surface area (Å²) in [5.74, 6) is 0.828. The van der Waals surface area contributed by atoms with E-state index in [4.69, 9.17) is 15.2 Å². The van der Waals surface area contributed by atoms with Crippen LogP contribution in [0.4, 0.5) is 5.69 Å². The van der Waals surface area contributed by atoms with Crippen LogP contribution in [0.25, 0.3) is 22.2 Å². The van der Waals surface area contributed by atoms with E-state index in [2.05, 4.69) is 16.0 Å². The first-order chi connectivity index (χ1) is 15.7. The molecule has 0 saturated heterocycles. The lowest BCUT2D eigenvalue weighted by Gasteiger charge is -2.30. The van der Waals surface area contributed by atoms with Crippen molar-refractivity contribution in [1.29, 1.82) is 0 Å². The zero-order valence-electron chi connectivity index (χ0n) is 18.6. The Bertz CT molecular complexity index is 1110. The molecule has 2 fully saturated rings. The van der Waals surface area contributed by atoms with Crippen molar-refractivity contribution in [3.05, 3.63) is 48.0 Å². The third-order valence-corrected chi connectivity index (χ3v) is 6.87. The maximum Gasteiger partial charge on any atom is 0.251 e. The molecule has 6 nitrogen and oxygen atoms in total. The number of anilines is 1. The largest absolute Gasteiger partial charge is 0.491 e. The molecular formula is C26H31N3O3. The number of nitrogens with one attached hydrogen (secondary N) is 1. The van der Waals surface area contributed by atoms with Crippen molar-refractivity contribution in [2.45, 2.75) is 50.6 Å². The Balaban J connectivity index is 1.49. The highest BCUT2D eigenvalue weighted by Gasteiger charge is 2.27. The number of benzene rings is 2. The van der Waals surface area contributed by atoms with Crippen LogP contribution in [0.2, 0.25) is 0 Å². The molecule has 2 aliphatic rings. The maximum absolute atomic E-state index is 12.5. The van der Waals surface area contributed by atoms with Gasteiger partial charge in [-0.1, -0.05) is 12.1 Å². The fraction of sp³-hybridized carbons (Fsp3) is 0.423. The van der Waals surface area contributed by atoms with Gasteiger partial charge in [0, 0.05) is 41.8 Å². The van der Waals surface area contributed by atoms with Gasteiger partial charge in [-0.25, -0.2) is 0 Å². The van der Waals surface area contributed by atoms with E-state index in [0.717, 1.165) is 59.3 Å². The summed E-state index contributed by atoms with van der Waals surface area (Å²) in [6.07, 6.45) is 6.89. The van der Waals surface area contributed by atoms with Gasteiger partial charge in [-0.05, 0) is 62.8 Å². The summed E-state index contributed by atoms with van der Waals surface area (Å²) in [6, 6.07) is 14.7. The number of nitrogens with two attached hydrogens (primary N) is 1. The van der Waals surface area contributed by atoms with Crippen molar-refractivity contribution >= 4 is 22.5 Å². The number of ether oxygens (including phenoxy) is 2. The Hall–Kier alpha value is -2.99. The van der Waals surface area contributed by atoms with Gasteiger partial charge in [0.05, 0.1) is 23.5 Å². The molecule has 1 amide bonds. The summed E-state index contributed by atoms with van der Waals surface area (Å²) in [7, 11) is 1.67. The van der Waals surface area contributed by atoms with E-state index in [1.165, 1.54) is 12.8 Å². The van der Waals surface area contributed by atoms with E-state index in [1.54, 1.807) is 7.11 Å². The summed E-state index contributed by atoms with van der Waals surface area (Å²) in [5.41, 5.74) is 11.3. The van der Waals surface area contributed by atoms with E-state index < -0.39 is 0 Å². The van der Waals surface area contributed by atoms with Gasteiger partial charge >= 0.3 is 0 Å². The minimum absolute atomic E-state index is 0.00612. The highest BCUT2D eigenvalue weighted by atomic mass is 16.5. The molecule has 1 aromatic heterocycles. The fourth-order valence-electron chi connectivity index (χ4n) is 4.57. The van der Waals surface area contributed by atoms with Gasteiger partial charge in [0.15, 0.2) is 0 Å². The third kappa shape index (κ3) is 3.84. The number of carbonyl (C=O) groups excluding carboxylic acids is 1. The average molecular weight is 434 g/mol. The Morgan fingerprint density at radius 2 is 1.81 bits per heavy atom. The van der Waals surface area contributed by atoms with Gasteiger partial charge in [-0.2, -0.15) is 0 Å². The van der Waals surface area contributed by atoms with E-state index in [9.17, 15) is 4.79 Å². The van der Waals surface area contributed by atoms with Crippen LogP contribution in [0.1, 0.15) is 54.9 Å². The first-order valence-electron chi connectivity index (χ1n) is 11.6. The number of nitrogens with zero attached hydrogens (tertiary/aromatic N) is 1. The molecule has 2 aliphatic carbocycles. The highest BCUT2D eigenvalue weighted by molar-refractivity contribution is 6.02. The van der Waals surface area contributed by atoms with Crippen molar-refractivity contribution in [2.75, 3.05) is 26.1 Å². The number of amides is 1. The van der Waals surface area contributed by atoms with Crippen LogP contribution < -0.4 is 15.8 Å². The SMILES string of the molecule is COCCOc1ccc2c(N)c(-c3ccc(C(=O)NC4CCC4)cc3)n(C3CCC3)c2c1. The van der Waals surface area contributed by atoms with Crippen molar-refractivity contribution in [3.8, 4) is 17.0 Å². The zero-order chi connectivity index (χ0) is 22.1. The number of aromatic nitrogens is 1. The standard InChI is InChI=1S/C26H31N3O3/c1-31-14-15-32-21-12-13-22-23(16-21)29(20-6-3-7-20)25(24(22)27)17-8-10-18(11-9-17)26(30)28-19-4-2-5-19/h8-13,16,19-20H,2-7,14-15,27H2,1H3,(H,28,30). The minimum Gasteiger partial charge on any atom is -0.491 e. The summed E-state index contributed by atoms with van der Waals surface area (Å²) >= 11 is 0. The predicted octanol–water partition coefficient (Wildman–Crippen LogP) is 4.92. The molecule has 32 heavy (non-hydrogen) atoms. The quantitative estimate of drug-likeness (QED) is 0.494. The van der Waals surface area contributed by atoms with Crippen molar-refractivity contribution < 1.29 is 14.3 Å². The van der Waals surface area contributed by atoms with Gasteiger partial charge in [-0.3, -0.25) is 4.79 Å². The molecule has 0 radical (unpaired) electrons. The lowest BCUT2D eigenvalue weighted by Crippen LogP contribution is -2.39. The summed E-state index contributed by atoms with van der Waals surface area (Å²) in [5, 5.41) is 4.15. The highest BCUT2D eigenvalue weighted by Crippen LogP contribution is 2.44. The van der Waals surface area contributed by atoms with Gasteiger partial charge in [0.25, 0.3) is 5.91 Å². The normalized spacial score (nSPS) is 16.5. The lowest BCUT2D eigenvalue weighted by atomic mass is 9.92. The van der Waals surface area contributed by atoms with Gasteiger partial charge in [0.2, 0.25) is 0 Å². The third-order valence-electron chi connectivity index (χ3n) is 6.87. The van der Waals surface area contributed by atoms with Crippen molar-refractivity contribution in [3.63, 3.8) is 0 Å². The Kier molecular flexibility index (Phi) is 5.79. The van der Waals surface area contributed by atoms with Crippen LogP contribution in [0.5, 0.6) is 5.75 Å². The molecule has 0 atom stereocenters. The van der Waals surface area contributed by atoms with E-state index in [1.807, 2.05) is 36.4 Å². The molecule has 2 saturated carbocycles. The summed E-state index contributed by atoms with van der Waals surface area (Å²) in [4.78, 5) is 12.5. The van der Waals surface area contributed by atoms with Gasteiger partial charge < -0.3 is 25.1 Å². The van der Waals surface area contributed by atoms with Crippen LogP contribution in [-0.4, -0.2) is 36.8 Å². The molecular weight excluding hydrogens is 402 g/mol. The minimum atomic E-state index is 0.00612. The first kappa shape index (κ1) is 20.9. The molecule has 6 heteroatoms. The second-order valence-corrected chi connectivity index (χ2v) is 8.92. The Morgan fingerprint density at radius 3 is 2.44 bits per heavy atom. The van der Waals surface area contributed by atoms with Crippen LogP contribution >= 0.6 is 0 Å². The Morgan fingerprint density at radius 1 is 1.06 bits per heavy atom. The van der Waals surface area contributed by atoms with Crippen molar-refractivity contribution in [2.24, 2.45) is 0 Å². The lowest BCUT2D eigenvalue weighted by molar-refractivity contribution is 0.0917. The van der Waals surface area contributed by atoms with E-state index in [0.29, 0.717) is 30.9 Å². The monoisotopic (exact) mass is 433 g/mol. The average Bonchev–Trinajstić information content (AvgIpc) is 3.01. The molecule has 0 unspecified atom stereocenters. The van der Waals surface area contributed by atoms with Gasteiger partial charge in [0.1, 0.15) is 12.4 Å². The number of methoxy groups -OCH3 is 1. The van der Waals surface area contributed by atoms with Crippen molar-refractivity contribution in [1.82, 2.24) is 9.88 Å². The molecule has 0 spiro atoms. The zero-order valence-corrected chi connectivity index (χ0v) is 18.6. The topological polar surface area (TPSA) is 78.5 Å². The molecule has 0 aliphatic heterocycles. The van der Waals surface area contributed by atoms with Crippen LogP contribution in [0.15, 0.2) is 42.5 Å². The molecule has 2 aromatic carbocycles.